The van der Waals surface area contributed by atoms with Gasteiger partial charge in [0.25, 0.3) is 0 Å². The van der Waals surface area contributed by atoms with Crippen LogP contribution in [0.4, 0.5) is 0 Å². The molecule has 2 aliphatic rings. The van der Waals surface area contributed by atoms with E-state index in [0.29, 0.717) is 12.5 Å². The van der Waals surface area contributed by atoms with Crippen LogP contribution in [0, 0.1) is 5.92 Å². The van der Waals surface area contributed by atoms with Gasteiger partial charge in [-0.3, -0.25) is 4.79 Å². The molecule has 1 aliphatic heterocycles. The lowest BCUT2D eigenvalue weighted by atomic mass is 9.88. The Kier molecular flexibility index (Phi) is 5.90. The zero-order valence-corrected chi connectivity index (χ0v) is 12.1. The molecule has 2 fully saturated rings. The standard InChI is InChI=1S/C16H28N2O/c1-2-7-16(19)17-15-10-6-11-18(13-15)12-14-8-4-3-5-9-14/h2,14-15H,1,3-13H2,(H,17,19)/t15-/m0/s1. The smallest absolute Gasteiger partial charge is 0.224 e. The van der Waals surface area contributed by atoms with Gasteiger partial charge in [0.2, 0.25) is 5.91 Å². The summed E-state index contributed by atoms with van der Waals surface area (Å²) >= 11 is 0. The molecule has 1 saturated heterocycles. The minimum Gasteiger partial charge on any atom is -0.352 e. The summed E-state index contributed by atoms with van der Waals surface area (Å²) in [6.07, 6.45) is 11.5. The van der Waals surface area contributed by atoms with Crippen molar-refractivity contribution in [1.29, 1.82) is 0 Å². The second-order valence-electron chi connectivity index (χ2n) is 6.16. The van der Waals surface area contributed by atoms with E-state index in [1.165, 1.54) is 51.6 Å². The van der Waals surface area contributed by atoms with Gasteiger partial charge in [-0.2, -0.15) is 0 Å². The Labute approximate surface area is 117 Å². The molecule has 1 saturated carbocycles. The normalized spacial score (nSPS) is 26.0. The number of carbonyl (C=O) groups is 1. The molecule has 1 N–H and O–H groups in total. The number of carbonyl (C=O) groups excluding carboxylic acids is 1. The van der Waals surface area contributed by atoms with Crippen molar-refractivity contribution in [2.45, 2.75) is 57.4 Å². The predicted octanol–water partition coefficient (Wildman–Crippen LogP) is 2.72. The maximum Gasteiger partial charge on any atom is 0.224 e. The molecule has 2 rings (SSSR count). The molecule has 1 heterocycles. The summed E-state index contributed by atoms with van der Waals surface area (Å²) in [7, 11) is 0. The number of piperidine rings is 1. The van der Waals surface area contributed by atoms with Crippen LogP contribution >= 0.6 is 0 Å². The molecule has 1 aliphatic carbocycles. The van der Waals surface area contributed by atoms with E-state index >= 15 is 0 Å². The van der Waals surface area contributed by atoms with Gasteiger partial charge in [-0.15, -0.1) is 6.58 Å². The lowest BCUT2D eigenvalue weighted by Crippen LogP contribution is -2.48. The summed E-state index contributed by atoms with van der Waals surface area (Å²) in [5.41, 5.74) is 0. The van der Waals surface area contributed by atoms with E-state index in [1.807, 2.05) is 0 Å². The number of amides is 1. The first-order valence-electron chi connectivity index (χ1n) is 7.90. The zero-order valence-electron chi connectivity index (χ0n) is 12.1. The molecule has 0 unspecified atom stereocenters. The van der Waals surface area contributed by atoms with Gasteiger partial charge in [0, 0.05) is 25.6 Å². The Morgan fingerprint density at radius 2 is 2.00 bits per heavy atom. The molecule has 0 aromatic heterocycles. The monoisotopic (exact) mass is 264 g/mol. The van der Waals surface area contributed by atoms with Gasteiger partial charge in [-0.1, -0.05) is 25.3 Å². The Morgan fingerprint density at radius 3 is 2.74 bits per heavy atom. The molecule has 0 radical (unpaired) electrons. The Hall–Kier alpha value is -0.830. The first kappa shape index (κ1) is 14.6. The average Bonchev–Trinajstić information content (AvgIpc) is 2.40. The number of likely N-dealkylation sites (tertiary alicyclic amines) is 1. The fourth-order valence-electron chi connectivity index (χ4n) is 3.49. The van der Waals surface area contributed by atoms with Crippen LogP contribution in [0.1, 0.15) is 51.4 Å². The van der Waals surface area contributed by atoms with E-state index < -0.39 is 0 Å². The van der Waals surface area contributed by atoms with Crippen molar-refractivity contribution in [3.63, 3.8) is 0 Å². The van der Waals surface area contributed by atoms with E-state index in [-0.39, 0.29) is 5.91 Å². The predicted molar refractivity (Wildman–Crippen MR) is 79.0 cm³/mol. The molecule has 108 valence electrons. The van der Waals surface area contributed by atoms with Crippen LogP contribution in [0.5, 0.6) is 0 Å². The lowest BCUT2D eigenvalue weighted by Gasteiger charge is -2.36. The largest absolute Gasteiger partial charge is 0.352 e. The van der Waals surface area contributed by atoms with Gasteiger partial charge in [-0.05, 0) is 38.1 Å². The maximum absolute atomic E-state index is 11.6. The lowest BCUT2D eigenvalue weighted by molar-refractivity contribution is -0.121. The zero-order chi connectivity index (χ0) is 13.5. The summed E-state index contributed by atoms with van der Waals surface area (Å²) in [5.74, 6) is 1.02. The van der Waals surface area contributed by atoms with Crippen molar-refractivity contribution in [3.8, 4) is 0 Å². The Balaban J connectivity index is 1.73. The summed E-state index contributed by atoms with van der Waals surface area (Å²) in [6, 6.07) is 0.352. The van der Waals surface area contributed by atoms with Gasteiger partial charge >= 0.3 is 0 Å². The van der Waals surface area contributed by atoms with Crippen LogP contribution in [0.2, 0.25) is 0 Å². The third-order valence-electron chi connectivity index (χ3n) is 4.44. The van der Waals surface area contributed by atoms with Gasteiger partial charge in [0.15, 0.2) is 0 Å². The number of hydrogen-bond acceptors (Lipinski definition) is 2. The van der Waals surface area contributed by atoms with Crippen molar-refractivity contribution in [2.75, 3.05) is 19.6 Å². The number of nitrogens with one attached hydrogen (secondary N) is 1. The third kappa shape index (κ3) is 4.98. The summed E-state index contributed by atoms with van der Waals surface area (Å²) < 4.78 is 0. The molecule has 19 heavy (non-hydrogen) atoms. The highest BCUT2D eigenvalue weighted by atomic mass is 16.1. The van der Waals surface area contributed by atoms with Crippen LogP contribution < -0.4 is 5.32 Å². The van der Waals surface area contributed by atoms with Crippen LogP contribution in [0.3, 0.4) is 0 Å². The highest BCUT2D eigenvalue weighted by molar-refractivity contribution is 5.77. The van der Waals surface area contributed by atoms with Crippen molar-refractivity contribution in [1.82, 2.24) is 10.2 Å². The molecular weight excluding hydrogens is 236 g/mol. The van der Waals surface area contributed by atoms with Crippen LogP contribution in [0.15, 0.2) is 12.7 Å². The van der Waals surface area contributed by atoms with E-state index in [9.17, 15) is 4.79 Å². The summed E-state index contributed by atoms with van der Waals surface area (Å²) in [5, 5.41) is 3.14. The SMILES string of the molecule is C=CCC(=O)N[C@H]1CCCN(CC2CCCCC2)C1. The average molecular weight is 264 g/mol. The molecule has 0 aromatic carbocycles. The second kappa shape index (κ2) is 7.68. The molecule has 0 bridgehead atoms. The molecule has 0 aromatic rings. The van der Waals surface area contributed by atoms with Gasteiger partial charge in [0.1, 0.15) is 0 Å². The van der Waals surface area contributed by atoms with Crippen molar-refractivity contribution < 1.29 is 4.79 Å². The third-order valence-corrected chi connectivity index (χ3v) is 4.44. The van der Waals surface area contributed by atoms with E-state index in [1.54, 1.807) is 6.08 Å². The van der Waals surface area contributed by atoms with Crippen LogP contribution in [-0.4, -0.2) is 36.5 Å². The van der Waals surface area contributed by atoms with E-state index in [2.05, 4.69) is 16.8 Å². The van der Waals surface area contributed by atoms with Crippen LogP contribution in [0.25, 0.3) is 0 Å². The quantitative estimate of drug-likeness (QED) is 0.774. The van der Waals surface area contributed by atoms with E-state index in [4.69, 9.17) is 0 Å². The maximum atomic E-state index is 11.6. The Bertz CT molecular complexity index is 297. The fraction of sp³-hybridized carbons (Fsp3) is 0.812. The highest BCUT2D eigenvalue weighted by Gasteiger charge is 2.23. The first-order chi connectivity index (χ1) is 9.28. The van der Waals surface area contributed by atoms with Gasteiger partial charge < -0.3 is 10.2 Å². The van der Waals surface area contributed by atoms with Gasteiger partial charge in [0.05, 0.1) is 0 Å². The van der Waals surface area contributed by atoms with E-state index in [0.717, 1.165) is 18.9 Å². The van der Waals surface area contributed by atoms with Crippen LogP contribution in [-0.2, 0) is 4.79 Å². The van der Waals surface area contributed by atoms with Crippen molar-refractivity contribution in [2.24, 2.45) is 5.92 Å². The molecule has 0 spiro atoms. The molecule has 1 amide bonds. The van der Waals surface area contributed by atoms with Crippen molar-refractivity contribution >= 4 is 5.91 Å². The van der Waals surface area contributed by atoms with Gasteiger partial charge in [-0.25, -0.2) is 0 Å². The molecule has 3 heteroatoms. The number of rotatable bonds is 5. The highest BCUT2D eigenvalue weighted by Crippen LogP contribution is 2.25. The summed E-state index contributed by atoms with van der Waals surface area (Å²) in [6.45, 7) is 7.11. The van der Waals surface area contributed by atoms with Crippen molar-refractivity contribution in [3.05, 3.63) is 12.7 Å². The Morgan fingerprint density at radius 1 is 1.21 bits per heavy atom. The number of nitrogens with zero attached hydrogens (tertiary/aromatic N) is 1. The molecule has 1 atom stereocenters. The molecular formula is C16H28N2O. The minimum absolute atomic E-state index is 0.125. The first-order valence-corrected chi connectivity index (χ1v) is 7.90. The topological polar surface area (TPSA) is 32.3 Å². The number of hydrogen-bond donors (Lipinski definition) is 1. The fourth-order valence-corrected chi connectivity index (χ4v) is 3.49. The summed E-state index contributed by atoms with van der Waals surface area (Å²) in [4.78, 5) is 14.2. The second-order valence-corrected chi connectivity index (χ2v) is 6.16. The molecule has 3 nitrogen and oxygen atoms in total. The minimum atomic E-state index is 0.125.